The normalized spacial score (nSPS) is 12.4. The van der Waals surface area contributed by atoms with E-state index in [2.05, 4.69) is 31.2 Å². The summed E-state index contributed by atoms with van der Waals surface area (Å²) in [7, 11) is 0. The van der Waals surface area contributed by atoms with E-state index in [9.17, 15) is 4.79 Å². The Bertz CT molecular complexity index is 534. The number of H-pyrrole nitrogens is 1. The van der Waals surface area contributed by atoms with E-state index < -0.39 is 0 Å². The van der Waals surface area contributed by atoms with Crippen LogP contribution in [-0.2, 0) is 0 Å². The first-order chi connectivity index (χ1) is 8.06. The van der Waals surface area contributed by atoms with Crippen LogP contribution in [0.25, 0.3) is 0 Å². The van der Waals surface area contributed by atoms with Gasteiger partial charge in [-0.25, -0.2) is 4.98 Å². The minimum absolute atomic E-state index is 0.0803. The van der Waals surface area contributed by atoms with Crippen LogP contribution in [-0.4, -0.2) is 15.9 Å². The average Bonchev–Trinajstić information content (AvgIpc) is 2.87. The van der Waals surface area contributed by atoms with Crippen molar-refractivity contribution in [1.82, 2.24) is 15.3 Å². The zero-order valence-corrected chi connectivity index (χ0v) is 11.9. The van der Waals surface area contributed by atoms with Crippen molar-refractivity contribution in [2.75, 3.05) is 0 Å². The van der Waals surface area contributed by atoms with Crippen LogP contribution in [0, 0.1) is 6.92 Å². The van der Waals surface area contributed by atoms with Gasteiger partial charge in [0.05, 0.1) is 6.04 Å². The fraction of sp³-hybridized carbons (Fsp3) is 0.273. The zero-order valence-electron chi connectivity index (χ0n) is 9.45. The van der Waals surface area contributed by atoms with Crippen molar-refractivity contribution >= 4 is 33.2 Å². The largest absolute Gasteiger partial charge is 0.356 e. The molecular weight excluding hydrogens is 302 g/mol. The van der Waals surface area contributed by atoms with E-state index in [0.29, 0.717) is 5.69 Å². The second-order valence-electron chi connectivity index (χ2n) is 3.75. The third kappa shape index (κ3) is 2.95. The highest BCUT2D eigenvalue weighted by Gasteiger charge is 2.14. The maximum absolute atomic E-state index is 11.9. The molecule has 6 heteroatoms. The number of aromatic amines is 1. The quantitative estimate of drug-likeness (QED) is 0.915. The van der Waals surface area contributed by atoms with Crippen LogP contribution >= 0.6 is 27.3 Å². The second-order valence-corrected chi connectivity index (χ2v) is 5.56. The number of halogens is 1. The van der Waals surface area contributed by atoms with E-state index >= 15 is 0 Å². The fourth-order valence-corrected chi connectivity index (χ4v) is 2.55. The van der Waals surface area contributed by atoms with Crippen molar-refractivity contribution in [3.63, 3.8) is 0 Å². The minimum Gasteiger partial charge on any atom is -0.356 e. The second kappa shape index (κ2) is 5.01. The number of nitrogens with zero attached hydrogens (tertiary/aromatic N) is 1. The van der Waals surface area contributed by atoms with Crippen molar-refractivity contribution in [2.45, 2.75) is 19.9 Å². The number of aromatic nitrogens is 2. The molecule has 0 aliphatic rings. The molecule has 0 saturated heterocycles. The first kappa shape index (κ1) is 12.3. The van der Waals surface area contributed by atoms with Crippen LogP contribution in [0.1, 0.15) is 34.2 Å². The molecule has 0 radical (unpaired) electrons. The predicted octanol–water partition coefficient (Wildman–Crippen LogP) is 3.03. The number of hydrogen-bond donors (Lipinski definition) is 2. The highest BCUT2D eigenvalue weighted by atomic mass is 79.9. The highest BCUT2D eigenvalue weighted by Crippen LogP contribution is 2.18. The predicted molar refractivity (Wildman–Crippen MR) is 71.2 cm³/mol. The Morgan fingerprint density at radius 2 is 2.41 bits per heavy atom. The molecule has 4 nitrogen and oxygen atoms in total. The number of carbonyl (C=O) groups excluding carboxylic acids is 1. The van der Waals surface area contributed by atoms with Gasteiger partial charge in [-0.05, 0) is 35.8 Å². The monoisotopic (exact) mass is 313 g/mol. The van der Waals surface area contributed by atoms with E-state index in [0.717, 1.165) is 15.2 Å². The fourth-order valence-electron chi connectivity index (χ4n) is 1.41. The lowest BCUT2D eigenvalue weighted by Crippen LogP contribution is -2.26. The van der Waals surface area contributed by atoms with Gasteiger partial charge in [0.2, 0.25) is 0 Å². The minimum atomic E-state index is -0.129. The highest BCUT2D eigenvalue weighted by molar-refractivity contribution is 9.10. The lowest BCUT2D eigenvalue weighted by molar-refractivity contribution is 0.0935. The molecule has 2 heterocycles. The van der Waals surface area contributed by atoms with Crippen molar-refractivity contribution in [3.8, 4) is 0 Å². The molecule has 1 amide bonds. The molecule has 1 unspecified atom stereocenters. The van der Waals surface area contributed by atoms with E-state index in [1.165, 1.54) is 0 Å². The van der Waals surface area contributed by atoms with Crippen LogP contribution in [0.3, 0.4) is 0 Å². The van der Waals surface area contributed by atoms with Crippen LogP contribution < -0.4 is 5.32 Å². The van der Waals surface area contributed by atoms with Gasteiger partial charge >= 0.3 is 0 Å². The Balaban J connectivity index is 2.04. The number of amides is 1. The molecule has 90 valence electrons. The molecule has 0 fully saturated rings. The SMILES string of the molecule is Cc1csc(C(C)NC(=O)c2cc(Br)c[nH]2)n1. The summed E-state index contributed by atoms with van der Waals surface area (Å²) in [5.74, 6) is -0.129. The molecule has 1 atom stereocenters. The van der Waals surface area contributed by atoms with Gasteiger partial charge in [-0.2, -0.15) is 0 Å². The van der Waals surface area contributed by atoms with E-state index in [1.807, 2.05) is 19.2 Å². The Morgan fingerprint density at radius 3 is 2.94 bits per heavy atom. The van der Waals surface area contributed by atoms with E-state index in [-0.39, 0.29) is 11.9 Å². The van der Waals surface area contributed by atoms with Crippen molar-refractivity contribution in [1.29, 1.82) is 0 Å². The Hall–Kier alpha value is -1.14. The van der Waals surface area contributed by atoms with Crippen LogP contribution in [0.2, 0.25) is 0 Å². The molecule has 0 bridgehead atoms. The summed E-state index contributed by atoms with van der Waals surface area (Å²) in [4.78, 5) is 19.1. The molecule has 0 aliphatic carbocycles. The molecular formula is C11H12BrN3OS. The number of carbonyl (C=O) groups is 1. The number of thiazole rings is 1. The van der Waals surface area contributed by atoms with Gasteiger partial charge in [0, 0.05) is 21.7 Å². The maximum atomic E-state index is 11.9. The van der Waals surface area contributed by atoms with Gasteiger partial charge in [0.1, 0.15) is 10.7 Å². The van der Waals surface area contributed by atoms with Crippen molar-refractivity contribution in [3.05, 3.63) is 38.5 Å². The van der Waals surface area contributed by atoms with Crippen LogP contribution in [0.15, 0.2) is 22.1 Å². The van der Waals surface area contributed by atoms with E-state index in [1.54, 1.807) is 23.6 Å². The summed E-state index contributed by atoms with van der Waals surface area (Å²) in [6, 6.07) is 1.66. The standard InChI is InChI=1S/C11H12BrN3OS/c1-6-5-17-11(14-6)7(2)15-10(16)9-3-8(12)4-13-9/h3-5,7,13H,1-2H3,(H,15,16). The van der Waals surface area contributed by atoms with Gasteiger partial charge in [-0.1, -0.05) is 0 Å². The van der Waals surface area contributed by atoms with Gasteiger partial charge in [0.15, 0.2) is 0 Å². The third-order valence-corrected chi connectivity index (χ3v) is 3.85. The summed E-state index contributed by atoms with van der Waals surface area (Å²) in [5, 5.41) is 5.79. The summed E-state index contributed by atoms with van der Waals surface area (Å²) in [6.45, 7) is 3.87. The van der Waals surface area contributed by atoms with Crippen LogP contribution in [0.4, 0.5) is 0 Å². The zero-order chi connectivity index (χ0) is 12.4. The number of hydrogen-bond acceptors (Lipinski definition) is 3. The molecule has 0 aliphatic heterocycles. The van der Waals surface area contributed by atoms with Crippen molar-refractivity contribution in [2.24, 2.45) is 0 Å². The first-order valence-electron chi connectivity index (χ1n) is 5.13. The summed E-state index contributed by atoms with van der Waals surface area (Å²) in [5.41, 5.74) is 1.52. The topological polar surface area (TPSA) is 57.8 Å². The lowest BCUT2D eigenvalue weighted by atomic mass is 10.3. The molecule has 2 aromatic heterocycles. The Kier molecular flexibility index (Phi) is 3.63. The van der Waals surface area contributed by atoms with Crippen LogP contribution in [0.5, 0.6) is 0 Å². The molecule has 2 aromatic rings. The number of aryl methyl sites for hydroxylation is 1. The van der Waals surface area contributed by atoms with Gasteiger partial charge in [0.25, 0.3) is 5.91 Å². The summed E-state index contributed by atoms with van der Waals surface area (Å²) in [6.07, 6.45) is 1.73. The molecule has 2 N–H and O–H groups in total. The molecule has 2 rings (SSSR count). The molecule has 17 heavy (non-hydrogen) atoms. The van der Waals surface area contributed by atoms with E-state index in [4.69, 9.17) is 0 Å². The molecule has 0 aromatic carbocycles. The maximum Gasteiger partial charge on any atom is 0.268 e. The van der Waals surface area contributed by atoms with Gasteiger partial charge in [-0.3, -0.25) is 4.79 Å². The number of rotatable bonds is 3. The Morgan fingerprint density at radius 1 is 1.65 bits per heavy atom. The molecule has 0 saturated carbocycles. The Labute approximate surface area is 112 Å². The van der Waals surface area contributed by atoms with Gasteiger partial charge in [-0.15, -0.1) is 11.3 Å². The van der Waals surface area contributed by atoms with Gasteiger partial charge < -0.3 is 10.3 Å². The lowest BCUT2D eigenvalue weighted by Gasteiger charge is -2.09. The number of nitrogens with one attached hydrogen (secondary N) is 2. The smallest absolute Gasteiger partial charge is 0.268 e. The first-order valence-corrected chi connectivity index (χ1v) is 6.80. The average molecular weight is 314 g/mol. The molecule has 0 spiro atoms. The van der Waals surface area contributed by atoms with Crippen molar-refractivity contribution < 1.29 is 4.79 Å². The third-order valence-electron chi connectivity index (χ3n) is 2.25. The summed E-state index contributed by atoms with van der Waals surface area (Å²) >= 11 is 4.85. The summed E-state index contributed by atoms with van der Waals surface area (Å²) < 4.78 is 0.861.